The molecule has 0 radical (unpaired) electrons. The van der Waals surface area contributed by atoms with E-state index in [2.05, 4.69) is 74.1 Å². The molecule has 1 aromatic heterocycles. The monoisotopic (exact) mass is 411 g/mol. The predicted octanol–water partition coefficient (Wildman–Crippen LogP) is 5.69. The van der Waals surface area contributed by atoms with E-state index in [0.717, 1.165) is 29.4 Å². The van der Waals surface area contributed by atoms with E-state index in [0.29, 0.717) is 6.61 Å². The topological polar surface area (TPSA) is 49.2 Å². The van der Waals surface area contributed by atoms with Crippen LogP contribution < -0.4 is 0 Å². The van der Waals surface area contributed by atoms with E-state index in [1.165, 1.54) is 0 Å². The van der Waals surface area contributed by atoms with E-state index in [1.807, 2.05) is 35.9 Å². The smallest absolute Gasteiger partial charge is 0.194 e. The zero-order chi connectivity index (χ0) is 21.1. The van der Waals surface area contributed by atoms with Crippen molar-refractivity contribution in [3.8, 4) is 0 Å². The maximum absolute atomic E-state index is 6.98. The Kier molecular flexibility index (Phi) is 6.26. The Hall–Kier alpha value is -2.02. The average molecular weight is 412 g/mol. The maximum Gasteiger partial charge on any atom is 0.194 e. The fourth-order valence-corrected chi connectivity index (χ4v) is 5.77. The third-order valence-corrected chi connectivity index (χ3v) is 6.27. The highest BCUT2D eigenvalue weighted by Crippen LogP contribution is 2.48. The van der Waals surface area contributed by atoms with E-state index in [1.54, 1.807) is 0 Å². The van der Waals surface area contributed by atoms with Crippen molar-refractivity contribution in [1.29, 1.82) is 0 Å². The zero-order valence-electron chi connectivity index (χ0n) is 18.5. The van der Waals surface area contributed by atoms with Crippen LogP contribution in [0.4, 0.5) is 0 Å². The molecule has 156 valence electrons. The van der Waals surface area contributed by atoms with Crippen molar-refractivity contribution in [2.75, 3.05) is 6.61 Å². The number of hydrogen-bond acceptors (Lipinski definition) is 4. The van der Waals surface area contributed by atoms with Crippen LogP contribution in [0.15, 0.2) is 54.6 Å². The number of nitrogens with zero attached hydrogens (tertiary/aromatic N) is 3. The van der Waals surface area contributed by atoms with Crippen molar-refractivity contribution in [3.05, 3.63) is 60.2 Å². The molecule has 3 rings (SSSR count). The molecule has 0 N–H and O–H groups in total. The van der Waals surface area contributed by atoms with Crippen molar-refractivity contribution >= 4 is 19.4 Å². The summed E-state index contributed by atoms with van der Waals surface area (Å²) in [6, 6.07) is 18.4. The van der Waals surface area contributed by atoms with Gasteiger partial charge < -0.3 is 9.16 Å². The van der Waals surface area contributed by atoms with Gasteiger partial charge in [-0.3, -0.25) is 0 Å². The molecule has 0 amide bonds. The van der Waals surface area contributed by atoms with Crippen LogP contribution in [-0.4, -0.2) is 29.9 Å². The second-order valence-electron chi connectivity index (χ2n) is 8.57. The van der Waals surface area contributed by atoms with Crippen LogP contribution in [-0.2, 0) is 20.5 Å². The number of ether oxygens (including phenoxy) is 1. The minimum atomic E-state index is -1.96. The lowest BCUT2D eigenvalue weighted by Gasteiger charge is -2.50. The van der Waals surface area contributed by atoms with Crippen molar-refractivity contribution < 1.29 is 9.16 Å². The lowest BCUT2D eigenvalue weighted by Crippen LogP contribution is -2.58. The lowest BCUT2D eigenvalue weighted by atomic mass is 9.81. The van der Waals surface area contributed by atoms with Gasteiger partial charge in [0.2, 0.25) is 0 Å². The van der Waals surface area contributed by atoms with E-state index < -0.39 is 19.6 Å². The average Bonchev–Trinajstić information content (AvgIpc) is 3.11. The highest BCUT2D eigenvalue weighted by Gasteiger charge is 2.55. The Labute approximate surface area is 175 Å². The maximum atomic E-state index is 6.98. The molecule has 2 unspecified atom stereocenters. The molecule has 0 aliphatic rings. The van der Waals surface area contributed by atoms with Gasteiger partial charge in [0.25, 0.3) is 0 Å². The molecule has 3 aromatic rings. The first-order chi connectivity index (χ1) is 13.8. The first-order valence-electron chi connectivity index (χ1n) is 10.5. The number of rotatable bonds is 9. The lowest BCUT2D eigenvalue weighted by molar-refractivity contribution is -0.231. The van der Waals surface area contributed by atoms with Crippen molar-refractivity contribution in [1.82, 2.24) is 15.0 Å². The summed E-state index contributed by atoms with van der Waals surface area (Å²) in [5, 5.41) is 9.05. The van der Waals surface area contributed by atoms with Gasteiger partial charge >= 0.3 is 0 Å². The van der Waals surface area contributed by atoms with Crippen LogP contribution in [0.1, 0.15) is 39.2 Å². The van der Waals surface area contributed by atoms with Crippen LogP contribution in [0.2, 0.25) is 19.6 Å². The number of benzene rings is 2. The summed E-state index contributed by atoms with van der Waals surface area (Å²) in [6.07, 6.45) is 1.68. The van der Waals surface area contributed by atoms with Crippen LogP contribution in [0.25, 0.3) is 11.0 Å². The molecule has 0 bridgehead atoms. The molecule has 2 aromatic carbocycles. The summed E-state index contributed by atoms with van der Waals surface area (Å²) in [4.78, 5) is 0. The zero-order valence-corrected chi connectivity index (χ0v) is 19.5. The molecule has 0 aliphatic carbocycles. The van der Waals surface area contributed by atoms with Gasteiger partial charge in [0.1, 0.15) is 11.1 Å². The number of para-hydroxylation sites is 1. The third kappa shape index (κ3) is 4.02. The van der Waals surface area contributed by atoms with Crippen LogP contribution in [0, 0.1) is 0 Å². The molecule has 0 spiro atoms. The molecule has 5 nitrogen and oxygen atoms in total. The minimum absolute atomic E-state index is 0.547. The second-order valence-corrected chi connectivity index (χ2v) is 13.0. The van der Waals surface area contributed by atoms with Crippen molar-refractivity contribution in [2.45, 2.75) is 64.6 Å². The molecular formula is C23H33N3O2Si. The van der Waals surface area contributed by atoms with Crippen molar-refractivity contribution in [3.63, 3.8) is 0 Å². The quantitative estimate of drug-likeness (QED) is 0.425. The van der Waals surface area contributed by atoms with Gasteiger partial charge in [0.05, 0.1) is 5.52 Å². The van der Waals surface area contributed by atoms with Gasteiger partial charge in [-0.1, -0.05) is 61.0 Å². The highest BCUT2D eigenvalue weighted by molar-refractivity contribution is 6.69. The Morgan fingerprint density at radius 1 is 0.966 bits per heavy atom. The van der Waals surface area contributed by atoms with Crippen molar-refractivity contribution in [2.24, 2.45) is 0 Å². The molecule has 0 saturated carbocycles. The molecule has 6 heteroatoms. The standard InChI is InChI=1S/C23H33N3O2Si/c1-7-18-23(27-8-2,26-21-17-13-12-16-20(21)24-25-26)22(3,28-29(4,5)6)19-14-10-9-11-15-19/h9-17H,7-8,18H2,1-6H3. The Morgan fingerprint density at radius 3 is 2.24 bits per heavy atom. The highest BCUT2D eigenvalue weighted by atomic mass is 28.4. The first kappa shape index (κ1) is 21.7. The molecule has 0 aliphatic heterocycles. The van der Waals surface area contributed by atoms with E-state index in [-0.39, 0.29) is 0 Å². The van der Waals surface area contributed by atoms with Gasteiger partial charge in [-0.15, -0.1) is 5.10 Å². The van der Waals surface area contributed by atoms with E-state index in [4.69, 9.17) is 9.16 Å². The Morgan fingerprint density at radius 2 is 1.62 bits per heavy atom. The fourth-order valence-electron chi connectivity index (χ4n) is 4.26. The summed E-state index contributed by atoms with van der Waals surface area (Å²) in [5.74, 6) is 0. The summed E-state index contributed by atoms with van der Waals surface area (Å²) in [5.41, 5.74) is 1.34. The first-order valence-corrected chi connectivity index (χ1v) is 13.9. The normalized spacial score (nSPS) is 16.5. The molecule has 0 fully saturated rings. The predicted molar refractivity (Wildman–Crippen MR) is 120 cm³/mol. The summed E-state index contributed by atoms with van der Waals surface area (Å²) >= 11 is 0. The van der Waals surface area contributed by atoms with Crippen LogP contribution in [0.5, 0.6) is 0 Å². The molecular weight excluding hydrogens is 378 g/mol. The minimum Gasteiger partial charge on any atom is -0.404 e. The second kappa shape index (κ2) is 8.38. The van der Waals surface area contributed by atoms with Gasteiger partial charge in [-0.2, -0.15) is 0 Å². The molecule has 0 saturated heterocycles. The van der Waals surface area contributed by atoms with E-state index in [9.17, 15) is 0 Å². The molecule has 29 heavy (non-hydrogen) atoms. The fraction of sp³-hybridized carbons (Fsp3) is 0.478. The van der Waals surface area contributed by atoms with Gasteiger partial charge in [0, 0.05) is 13.0 Å². The summed E-state index contributed by atoms with van der Waals surface area (Å²) < 4.78 is 15.6. The third-order valence-electron chi connectivity index (χ3n) is 5.25. The van der Waals surface area contributed by atoms with Gasteiger partial charge in [-0.05, 0) is 51.2 Å². The number of fused-ring (bicyclic) bond motifs is 1. The largest absolute Gasteiger partial charge is 0.404 e. The number of aromatic nitrogens is 3. The summed E-state index contributed by atoms with van der Waals surface area (Å²) in [6.45, 7) is 13.6. The Balaban J connectivity index is 2.35. The van der Waals surface area contributed by atoms with Crippen LogP contribution in [0.3, 0.4) is 0 Å². The summed E-state index contributed by atoms with van der Waals surface area (Å²) in [7, 11) is -1.96. The molecule has 2 atom stereocenters. The Bertz CT molecular complexity index is 930. The van der Waals surface area contributed by atoms with Crippen LogP contribution >= 0.6 is 0 Å². The van der Waals surface area contributed by atoms with Gasteiger partial charge in [-0.25, -0.2) is 4.68 Å². The SMILES string of the molecule is CCCC(OCC)(n1nnc2ccccc21)C(C)(O[Si](C)(C)C)c1ccccc1. The molecule has 1 heterocycles. The van der Waals surface area contributed by atoms with E-state index >= 15 is 0 Å². The van der Waals surface area contributed by atoms with Gasteiger partial charge in [0.15, 0.2) is 14.0 Å². The number of hydrogen-bond donors (Lipinski definition) is 0.